The van der Waals surface area contributed by atoms with Gasteiger partial charge in [-0.15, -0.1) is 0 Å². The lowest BCUT2D eigenvalue weighted by Gasteiger charge is -2.46. The molecule has 1 unspecified atom stereocenters. The summed E-state index contributed by atoms with van der Waals surface area (Å²) in [4.78, 5) is 0. The summed E-state index contributed by atoms with van der Waals surface area (Å²) >= 11 is 2.07. The van der Waals surface area contributed by atoms with Gasteiger partial charge in [-0.2, -0.15) is 0 Å². The number of methoxy groups -OCH3 is 1. The Morgan fingerprint density at radius 2 is 2.00 bits per heavy atom. The van der Waals surface area contributed by atoms with Crippen LogP contribution in [0.2, 0.25) is 0 Å². The molecule has 0 N–H and O–H groups in total. The van der Waals surface area contributed by atoms with Gasteiger partial charge < -0.3 is 9.22 Å². The Hall–Kier alpha value is -0.670. The highest BCUT2D eigenvalue weighted by atomic mass is 32.2. The molecule has 0 saturated carbocycles. The minimum absolute atomic E-state index is 0.780. The van der Waals surface area contributed by atoms with Gasteiger partial charge in [0.1, 0.15) is 11.1 Å². The lowest BCUT2D eigenvalue weighted by molar-refractivity contribution is -0.939. The molecule has 1 atom stereocenters. The van der Waals surface area contributed by atoms with Gasteiger partial charge in [-0.1, -0.05) is 23.9 Å². The minimum atomic E-state index is 0.780. The largest absolute Gasteiger partial charge is 0.497 e. The molecular weight excluding hydrogens is 218 g/mol. The zero-order chi connectivity index (χ0) is 11.6. The molecule has 1 heterocycles. The van der Waals surface area contributed by atoms with E-state index in [1.165, 1.54) is 23.0 Å². The third-order valence-electron chi connectivity index (χ3n) is 3.33. The standard InChI is InChI=1S/C13H20NOS/c1-14(2)9-8-13(14)16-10-11-4-6-12(15-3)7-5-11/h4-7,13H,8-10H2,1-3H3/q+1. The summed E-state index contributed by atoms with van der Waals surface area (Å²) in [5.41, 5.74) is 1.39. The first kappa shape index (κ1) is 11.8. The molecule has 0 amide bonds. The first-order valence-electron chi connectivity index (χ1n) is 5.69. The average Bonchev–Trinajstić information content (AvgIpc) is 2.29. The number of nitrogens with zero attached hydrogens (tertiary/aromatic N) is 1. The van der Waals surface area contributed by atoms with E-state index < -0.39 is 0 Å². The smallest absolute Gasteiger partial charge is 0.141 e. The molecule has 1 aliphatic heterocycles. The third-order valence-corrected chi connectivity index (χ3v) is 5.02. The van der Waals surface area contributed by atoms with Gasteiger partial charge in [0.2, 0.25) is 0 Å². The third kappa shape index (κ3) is 2.53. The van der Waals surface area contributed by atoms with E-state index in [-0.39, 0.29) is 0 Å². The van der Waals surface area contributed by atoms with Crippen molar-refractivity contribution in [3.05, 3.63) is 29.8 Å². The van der Waals surface area contributed by atoms with Gasteiger partial charge in [0.25, 0.3) is 0 Å². The molecule has 1 aromatic carbocycles. The van der Waals surface area contributed by atoms with Gasteiger partial charge in [0.05, 0.1) is 34.2 Å². The molecule has 0 spiro atoms. The summed E-state index contributed by atoms with van der Waals surface area (Å²) in [7, 11) is 6.34. The van der Waals surface area contributed by atoms with Crippen molar-refractivity contribution in [2.75, 3.05) is 27.7 Å². The summed E-state index contributed by atoms with van der Waals surface area (Å²) in [6.45, 7) is 1.32. The van der Waals surface area contributed by atoms with Crippen molar-refractivity contribution in [3.63, 3.8) is 0 Å². The Morgan fingerprint density at radius 1 is 1.31 bits per heavy atom. The van der Waals surface area contributed by atoms with Crippen LogP contribution in [-0.4, -0.2) is 37.6 Å². The summed E-state index contributed by atoms with van der Waals surface area (Å²) < 4.78 is 6.32. The number of ether oxygens (including phenoxy) is 1. The van der Waals surface area contributed by atoms with Gasteiger partial charge in [-0.3, -0.25) is 0 Å². The molecule has 1 saturated heterocycles. The molecule has 3 heteroatoms. The fraction of sp³-hybridized carbons (Fsp3) is 0.538. The van der Waals surface area contributed by atoms with Crippen LogP contribution in [-0.2, 0) is 5.75 Å². The summed E-state index contributed by atoms with van der Waals surface area (Å²) in [5, 5.41) is 0.780. The molecule has 2 nitrogen and oxygen atoms in total. The Labute approximate surface area is 102 Å². The van der Waals surface area contributed by atoms with Crippen LogP contribution in [0, 0.1) is 0 Å². The molecule has 1 aliphatic rings. The number of hydrogen-bond acceptors (Lipinski definition) is 2. The topological polar surface area (TPSA) is 9.23 Å². The Balaban J connectivity index is 1.85. The van der Waals surface area contributed by atoms with Crippen molar-refractivity contribution < 1.29 is 9.22 Å². The molecule has 0 radical (unpaired) electrons. The summed E-state index contributed by atoms with van der Waals surface area (Å²) in [6, 6.07) is 8.39. The second-order valence-corrected chi connectivity index (χ2v) is 6.07. The van der Waals surface area contributed by atoms with Crippen LogP contribution in [0.15, 0.2) is 24.3 Å². The normalized spacial score (nSPS) is 22.6. The SMILES string of the molecule is COc1ccc(CSC2CC[N+]2(C)C)cc1. The van der Waals surface area contributed by atoms with Gasteiger partial charge in [-0.05, 0) is 17.7 Å². The first-order valence-corrected chi connectivity index (χ1v) is 6.74. The minimum Gasteiger partial charge on any atom is -0.497 e. The number of hydrogen-bond donors (Lipinski definition) is 0. The quantitative estimate of drug-likeness (QED) is 0.746. The lowest BCUT2D eigenvalue weighted by atomic mass is 10.2. The predicted molar refractivity (Wildman–Crippen MR) is 69.7 cm³/mol. The van der Waals surface area contributed by atoms with E-state index in [0.29, 0.717) is 0 Å². The fourth-order valence-electron chi connectivity index (χ4n) is 1.95. The van der Waals surface area contributed by atoms with Crippen LogP contribution in [0.5, 0.6) is 5.75 Å². The molecule has 1 fully saturated rings. The van der Waals surface area contributed by atoms with Crippen LogP contribution < -0.4 is 4.74 Å². The van der Waals surface area contributed by atoms with E-state index in [0.717, 1.165) is 16.9 Å². The number of likely N-dealkylation sites (tertiary alicyclic amines) is 1. The first-order chi connectivity index (χ1) is 7.62. The van der Waals surface area contributed by atoms with Crippen molar-refractivity contribution in [2.45, 2.75) is 17.5 Å². The van der Waals surface area contributed by atoms with Crippen LogP contribution in [0.1, 0.15) is 12.0 Å². The fourth-order valence-corrected chi connectivity index (χ4v) is 3.31. The van der Waals surface area contributed by atoms with E-state index in [9.17, 15) is 0 Å². The van der Waals surface area contributed by atoms with E-state index in [1.54, 1.807) is 7.11 Å². The van der Waals surface area contributed by atoms with E-state index in [4.69, 9.17) is 4.74 Å². The van der Waals surface area contributed by atoms with Crippen LogP contribution in [0.3, 0.4) is 0 Å². The molecule has 0 bridgehead atoms. The van der Waals surface area contributed by atoms with E-state index in [1.807, 2.05) is 12.1 Å². The number of thioether (sulfide) groups is 1. The van der Waals surface area contributed by atoms with Crippen LogP contribution >= 0.6 is 11.8 Å². The molecule has 16 heavy (non-hydrogen) atoms. The van der Waals surface area contributed by atoms with Gasteiger partial charge in [0, 0.05) is 5.75 Å². The van der Waals surface area contributed by atoms with Crippen molar-refractivity contribution in [1.82, 2.24) is 0 Å². The van der Waals surface area contributed by atoms with Gasteiger partial charge in [-0.25, -0.2) is 0 Å². The molecule has 0 aliphatic carbocycles. The second kappa shape index (κ2) is 4.68. The van der Waals surface area contributed by atoms with Crippen molar-refractivity contribution in [1.29, 1.82) is 0 Å². The van der Waals surface area contributed by atoms with E-state index in [2.05, 4.69) is 38.0 Å². The van der Waals surface area contributed by atoms with Crippen molar-refractivity contribution in [3.8, 4) is 5.75 Å². The summed E-state index contributed by atoms with van der Waals surface area (Å²) in [5.74, 6) is 2.05. The van der Waals surface area contributed by atoms with Crippen molar-refractivity contribution in [2.24, 2.45) is 0 Å². The predicted octanol–water partition coefficient (Wildman–Crippen LogP) is 2.73. The van der Waals surface area contributed by atoms with E-state index >= 15 is 0 Å². The maximum Gasteiger partial charge on any atom is 0.141 e. The molecule has 1 aromatic rings. The second-order valence-electron chi connectivity index (χ2n) is 4.90. The van der Waals surface area contributed by atoms with Gasteiger partial charge in [0.15, 0.2) is 0 Å². The number of quaternary nitrogens is 1. The van der Waals surface area contributed by atoms with Crippen LogP contribution in [0.4, 0.5) is 0 Å². The lowest BCUT2D eigenvalue weighted by Crippen LogP contribution is -2.57. The average molecular weight is 238 g/mol. The number of rotatable bonds is 4. The highest BCUT2D eigenvalue weighted by Crippen LogP contribution is 2.34. The van der Waals surface area contributed by atoms with Crippen molar-refractivity contribution >= 4 is 11.8 Å². The van der Waals surface area contributed by atoms with Gasteiger partial charge >= 0.3 is 0 Å². The molecule has 88 valence electrons. The Bertz CT molecular complexity index is 347. The maximum atomic E-state index is 5.15. The maximum absolute atomic E-state index is 5.15. The summed E-state index contributed by atoms with van der Waals surface area (Å²) in [6.07, 6.45) is 1.35. The monoisotopic (exact) mass is 238 g/mol. The highest BCUT2D eigenvalue weighted by molar-refractivity contribution is 7.99. The Morgan fingerprint density at radius 3 is 2.44 bits per heavy atom. The number of benzene rings is 1. The van der Waals surface area contributed by atoms with Crippen LogP contribution in [0.25, 0.3) is 0 Å². The Kier molecular flexibility index (Phi) is 3.45. The zero-order valence-electron chi connectivity index (χ0n) is 10.3. The molecule has 2 rings (SSSR count). The molecular formula is C13H20NOS+. The molecule has 0 aromatic heterocycles. The zero-order valence-corrected chi connectivity index (χ0v) is 11.1. The highest BCUT2D eigenvalue weighted by Gasteiger charge is 2.38.